The number of aromatic nitrogens is 2. The van der Waals surface area contributed by atoms with E-state index >= 15 is 0 Å². The maximum atomic E-state index is 12.7. The molecule has 170 valence electrons. The quantitative estimate of drug-likeness (QED) is 0.349. The van der Waals surface area contributed by atoms with Gasteiger partial charge in [0.05, 0.1) is 33.0 Å². The van der Waals surface area contributed by atoms with Crippen molar-refractivity contribution in [2.24, 2.45) is 0 Å². The fourth-order valence-electron chi connectivity index (χ4n) is 3.32. The highest BCUT2D eigenvalue weighted by Crippen LogP contribution is 2.29. The summed E-state index contributed by atoms with van der Waals surface area (Å²) in [5.74, 6) is 1.85. The molecule has 0 bridgehead atoms. The molecule has 4 aromatic rings. The van der Waals surface area contributed by atoms with Crippen LogP contribution in [0.25, 0.3) is 10.9 Å². The average Bonchev–Trinajstić information content (AvgIpc) is 3.25. The molecule has 8 nitrogen and oxygen atoms in total. The third-order valence-corrected chi connectivity index (χ3v) is 5.02. The van der Waals surface area contributed by atoms with Gasteiger partial charge in [-0.3, -0.25) is 9.89 Å². The molecular weight excluding hydrogens is 422 g/mol. The van der Waals surface area contributed by atoms with Gasteiger partial charge in [0.2, 0.25) is 0 Å². The number of ether oxygens (including phenoxy) is 4. The van der Waals surface area contributed by atoms with Crippen molar-refractivity contribution in [2.75, 3.05) is 32.8 Å². The van der Waals surface area contributed by atoms with Crippen molar-refractivity contribution in [3.8, 4) is 17.2 Å². The highest BCUT2D eigenvalue weighted by atomic mass is 16.5. The van der Waals surface area contributed by atoms with Crippen molar-refractivity contribution in [1.29, 1.82) is 0 Å². The van der Waals surface area contributed by atoms with Gasteiger partial charge < -0.3 is 24.3 Å². The van der Waals surface area contributed by atoms with E-state index in [0.29, 0.717) is 48.5 Å². The lowest BCUT2D eigenvalue weighted by atomic mass is 10.2. The van der Waals surface area contributed by atoms with Gasteiger partial charge >= 0.3 is 0 Å². The molecule has 0 radical (unpaired) electrons. The molecule has 1 heterocycles. The van der Waals surface area contributed by atoms with E-state index in [1.807, 2.05) is 48.5 Å². The standard InChI is InChI=1S/C25H25N3O5/c1-30-22-11-8-18(14-23(22)31-2)25(29)26-24-20-10-9-19(15-21(20)27-28-24)33-13-12-32-16-17-6-4-3-5-7-17/h3-11,14-15H,12-13,16H2,1-2H3,(H2,26,27,28,29). The van der Waals surface area contributed by atoms with Crippen LogP contribution in [0.15, 0.2) is 66.7 Å². The summed E-state index contributed by atoms with van der Waals surface area (Å²) in [6, 6.07) is 20.5. The summed E-state index contributed by atoms with van der Waals surface area (Å²) >= 11 is 0. The molecule has 0 atom stereocenters. The monoisotopic (exact) mass is 447 g/mol. The summed E-state index contributed by atoms with van der Waals surface area (Å²) < 4.78 is 21.9. The molecule has 0 unspecified atom stereocenters. The van der Waals surface area contributed by atoms with Gasteiger partial charge in [-0.1, -0.05) is 30.3 Å². The second-order valence-corrected chi connectivity index (χ2v) is 7.19. The minimum Gasteiger partial charge on any atom is -0.493 e. The van der Waals surface area contributed by atoms with Gasteiger partial charge in [-0.25, -0.2) is 0 Å². The molecule has 3 aromatic carbocycles. The first-order chi connectivity index (χ1) is 16.2. The van der Waals surface area contributed by atoms with Crippen LogP contribution in [0.3, 0.4) is 0 Å². The van der Waals surface area contributed by atoms with E-state index in [-0.39, 0.29) is 5.91 Å². The van der Waals surface area contributed by atoms with Crippen LogP contribution in [-0.2, 0) is 11.3 Å². The molecule has 33 heavy (non-hydrogen) atoms. The Morgan fingerprint density at radius 3 is 2.55 bits per heavy atom. The summed E-state index contributed by atoms with van der Waals surface area (Å²) in [6.07, 6.45) is 0. The Hall–Kier alpha value is -4.04. The Bertz CT molecular complexity index is 1220. The number of nitrogens with one attached hydrogen (secondary N) is 2. The second-order valence-electron chi connectivity index (χ2n) is 7.19. The highest BCUT2D eigenvalue weighted by Gasteiger charge is 2.14. The number of amides is 1. The van der Waals surface area contributed by atoms with Gasteiger partial charge in [-0.15, -0.1) is 0 Å². The van der Waals surface area contributed by atoms with Crippen molar-refractivity contribution in [3.63, 3.8) is 0 Å². The molecule has 0 fully saturated rings. The predicted molar refractivity (Wildman–Crippen MR) is 125 cm³/mol. The largest absolute Gasteiger partial charge is 0.493 e. The average molecular weight is 447 g/mol. The number of carbonyl (C=O) groups excluding carboxylic acids is 1. The fourth-order valence-corrected chi connectivity index (χ4v) is 3.32. The Balaban J connectivity index is 1.34. The molecule has 2 N–H and O–H groups in total. The van der Waals surface area contributed by atoms with Crippen LogP contribution >= 0.6 is 0 Å². The van der Waals surface area contributed by atoms with Crippen molar-refractivity contribution in [3.05, 3.63) is 77.9 Å². The summed E-state index contributed by atoms with van der Waals surface area (Å²) in [5.41, 5.74) is 2.30. The van der Waals surface area contributed by atoms with Gasteiger partial charge in [-0.2, -0.15) is 5.10 Å². The van der Waals surface area contributed by atoms with Crippen LogP contribution in [0.5, 0.6) is 17.2 Å². The van der Waals surface area contributed by atoms with Crippen molar-refractivity contribution < 1.29 is 23.7 Å². The number of carbonyl (C=O) groups is 1. The number of benzene rings is 3. The summed E-state index contributed by atoms with van der Waals surface area (Å²) in [6.45, 7) is 1.45. The number of fused-ring (bicyclic) bond motifs is 1. The minimum atomic E-state index is -0.305. The Morgan fingerprint density at radius 2 is 1.76 bits per heavy atom. The van der Waals surface area contributed by atoms with E-state index in [9.17, 15) is 4.79 Å². The number of nitrogens with zero attached hydrogens (tertiary/aromatic N) is 1. The lowest BCUT2D eigenvalue weighted by Crippen LogP contribution is -2.12. The third kappa shape index (κ3) is 5.42. The summed E-state index contributed by atoms with van der Waals surface area (Å²) in [4.78, 5) is 12.7. The highest BCUT2D eigenvalue weighted by molar-refractivity contribution is 6.08. The number of rotatable bonds is 10. The normalized spacial score (nSPS) is 10.7. The number of H-pyrrole nitrogens is 1. The van der Waals surface area contributed by atoms with Crippen LogP contribution in [-0.4, -0.2) is 43.5 Å². The van der Waals surface area contributed by atoms with E-state index in [1.165, 1.54) is 7.11 Å². The molecule has 1 aromatic heterocycles. The van der Waals surface area contributed by atoms with Crippen LogP contribution in [0.2, 0.25) is 0 Å². The molecule has 4 rings (SSSR count). The molecule has 0 aliphatic carbocycles. The van der Waals surface area contributed by atoms with Crippen LogP contribution in [0.1, 0.15) is 15.9 Å². The van der Waals surface area contributed by atoms with Gasteiger partial charge in [0.1, 0.15) is 12.4 Å². The topological polar surface area (TPSA) is 94.7 Å². The maximum absolute atomic E-state index is 12.7. The molecule has 0 saturated heterocycles. The summed E-state index contributed by atoms with van der Waals surface area (Å²) in [5, 5.41) is 10.8. The van der Waals surface area contributed by atoms with Gasteiger partial charge in [0.25, 0.3) is 5.91 Å². The van der Waals surface area contributed by atoms with E-state index in [4.69, 9.17) is 18.9 Å². The van der Waals surface area contributed by atoms with Crippen molar-refractivity contribution in [1.82, 2.24) is 10.2 Å². The van der Waals surface area contributed by atoms with E-state index in [1.54, 1.807) is 25.3 Å². The first kappa shape index (κ1) is 22.2. The first-order valence-electron chi connectivity index (χ1n) is 10.4. The van der Waals surface area contributed by atoms with E-state index in [0.717, 1.165) is 16.5 Å². The Labute approximate surface area is 191 Å². The van der Waals surface area contributed by atoms with Crippen molar-refractivity contribution >= 4 is 22.6 Å². The smallest absolute Gasteiger partial charge is 0.257 e. The predicted octanol–water partition coefficient (Wildman–Crippen LogP) is 4.43. The zero-order chi connectivity index (χ0) is 23.0. The molecular formula is C25H25N3O5. The molecule has 0 aliphatic rings. The zero-order valence-electron chi connectivity index (χ0n) is 18.5. The Kier molecular flexibility index (Phi) is 7.06. The first-order valence-corrected chi connectivity index (χ1v) is 10.4. The van der Waals surface area contributed by atoms with Gasteiger partial charge in [0, 0.05) is 17.0 Å². The lowest BCUT2D eigenvalue weighted by Gasteiger charge is -2.09. The minimum absolute atomic E-state index is 0.305. The maximum Gasteiger partial charge on any atom is 0.257 e. The lowest BCUT2D eigenvalue weighted by molar-refractivity contribution is 0.0889. The van der Waals surface area contributed by atoms with Crippen LogP contribution in [0.4, 0.5) is 5.82 Å². The Morgan fingerprint density at radius 1 is 0.939 bits per heavy atom. The second kappa shape index (κ2) is 10.5. The molecule has 0 spiro atoms. The number of methoxy groups -OCH3 is 2. The van der Waals surface area contributed by atoms with E-state index in [2.05, 4.69) is 15.5 Å². The number of anilines is 1. The molecule has 8 heteroatoms. The van der Waals surface area contributed by atoms with E-state index < -0.39 is 0 Å². The van der Waals surface area contributed by atoms with Gasteiger partial charge in [0.15, 0.2) is 17.3 Å². The molecule has 0 saturated carbocycles. The number of aromatic amines is 1. The van der Waals surface area contributed by atoms with Crippen LogP contribution < -0.4 is 19.5 Å². The van der Waals surface area contributed by atoms with Crippen molar-refractivity contribution in [2.45, 2.75) is 6.61 Å². The van der Waals surface area contributed by atoms with Gasteiger partial charge in [-0.05, 0) is 35.9 Å². The SMILES string of the molecule is COc1ccc(C(=O)Nc2n[nH]c3cc(OCCOCc4ccccc4)ccc23)cc1OC. The summed E-state index contributed by atoms with van der Waals surface area (Å²) in [7, 11) is 3.07. The third-order valence-electron chi connectivity index (χ3n) is 5.02. The number of hydrogen-bond acceptors (Lipinski definition) is 6. The van der Waals surface area contributed by atoms with Crippen LogP contribution in [0, 0.1) is 0 Å². The number of hydrogen-bond donors (Lipinski definition) is 2. The fraction of sp³-hybridized carbons (Fsp3) is 0.200. The molecule has 1 amide bonds. The molecule has 0 aliphatic heterocycles. The zero-order valence-corrected chi connectivity index (χ0v) is 18.5.